The van der Waals surface area contributed by atoms with Crippen LogP contribution >= 0.6 is 11.3 Å². The molecule has 1 amide bonds. The number of hydrogen-bond acceptors (Lipinski definition) is 6. The molecule has 7 heteroatoms. The van der Waals surface area contributed by atoms with Gasteiger partial charge in [-0.3, -0.25) is 4.79 Å². The third-order valence-corrected chi connectivity index (χ3v) is 3.96. The van der Waals surface area contributed by atoms with Gasteiger partial charge in [0.2, 0.25) is 0 Å². The van der Waals surface area contributed by atoms with E-state index < -0.39 is 0 Å². The summed E-state index contributed by atoms with van der Waals surface area (Å²) in [4.78, 5) is 24.6. The molecule has 0 radical (unpaired) electrons. The Morgan fingerprint density at radius 1 is 1.25 bits per heavy atom. The van der Waals surface area contributed by atoms with E-state index in [1.807, 2.05) is 23.1 Å². The van der Waals surface area contributed by atoms with Crippen LogP contribution in [0.5, 0.6) is 0 Å². The molecule has 1 saturated heterocycles. The fourth-order valence-corrected chi connectivity index (χ4v) is 2.76. The van der Waals surface area contributed by atoms with Crippen LogP contribution in [0.1, 0.15) is 10.5 Å². The van der Waals surface area contributed by atoms with E-state index in [0.29, 0.717) is 23.9 Å². The highest BCUT2D eigenvalue weighted by atomic mass is 32.1. The minimum Gasteiger partial charge on any atom is -0.375 e. The number of hydrogen-bond donors (Lipinski definition) is 1. The lowest BCUT2D eigenvalue weighted by Gasteiger charge is -2.35. The number of carbonyl (C=O) groups is 1. The minimum absolute atomic E-state index is 0.0429. The van der Waals surface area contributed by atoms with E-state index in [-0.39, 0.29) is 5.91 Å². The molecule has 2 aromatic rings. The molecule has 0 atom stereocenters. The van der Waals surface area contributed by atoms with Crippen LogP contribution in [0, 0.1) is 0 Å². The maximum absolute atomic E-state index is 12.2. The zero-order valence-corrected chi connectivity index (χ0v) is 11.7. The van der Waals surface area contributed by atoms with Gasteiger partial charge in [-0.25, -0.2) is 9.97 Å². The topological polar surface area (TPSA) is 75.3 Å². The van der Waals surface area contributed by atoms with Crippen molar-refractivity contribution in [3.63, 3.8) is 0 Å². The zero-order chi connectivity index (χ0) is 13.9. The number of amides is 1. The second-order valence-electron chi connectivity index (χ2n) is 4.54. The predicted octanol–water partition coefficient (Wildman–Crippen LogP) is 1.08. The third-order valence-electron chi connectivity index (χ3n) is 3.28. The van der Waals surface area contributed by atoms with Crippen LogP contribution in [-0.4, -0.2) is 47.0 Å². The summed E-state index contributed by atoms with van der Waals surface area (Å²) in [5, 5.41) is 2.14. The molecular formula is C13H15N5OS. The summed E-state index contributed by atoms with van der Waals surface area (Å²) in [5.41, 5.74) is 6.01. The second-order valence-corrected chi connectivity index (χ2v) is 5.43. The number of thiazole rings is 1. The number of nitrogen functional groups attached to an aromatic ring is 1. The molecule has 0 aliphatic carbocycles. The molecule has 1 aliphatic heterocycles. The molecule has 0 bridgehead atoms. The molecule has 2 aromatic heterocycles. The molecular weight excluding hydrogens is 274 g/mol. The number of nitrogens with two attached hydrogens (primary N) is 1. The van der Waals surface area contributed by atoms with Crippen LogP contribution in [0.25, 0.3) is 0 Å². The fraction of sp³-hybridized carbons (Fsp3) is 0.308. The van der Waals surface area contributed by atoms with Crippen LogP contribution in [-0.2, 0) is 0 Å². The van der Waals surface area contributed by atoms with Crippen molar-refractivity contribution in [2.24, 2.45) is 0 Å². The van der Waals surface area contributed by atoms with Crippen molar-refractivity contribution in [2.75, 3.05) is 36.8 Å². The lowest BCUT2D eigenvalue weighted by molar-refractivity contribution is 0.0741. The van der Waals surface area contributed by atoms with Crippen LogP contribution in [0.4, 0.5) is 10.9 Å². The molecule has 104 valence electrons. The van der Waals surface area contributed by atoms with Crippen LogP contribution in [0.2, 0.25) is 0 Å². The molecule has 0 saturated carbocycles. The number of piperazine rings is 1. The number of nitrogens with zero attached hydrogens (tertiary/aromatic N) is 4. The summed E-state index contributed by atoms with van der Waals surface area (Å²) < 4.78 is 0. The van der Waals surface area contributed by atoms with E-state index in [1.54, 1.807) is 11.6 Å². The smallest absolute Gasteiger partial charge is 0.273 e. The summed E-state index contributed by atoms with van der Waals surface area (Å²) in [7, 11) is 0. The lowest BCUT2D eigenvalue weighted by atomic mass is 10.3. The standard InChI is InChI=1S/C13H15N5OS/c14-13-16-10(9-20-13)12(19)18-7-5-17(6-8-18)11-3-1-2-4-15-11/h1-4,9H,5-8H2,(H2,14,16). The van der Waals surface area contributed by atoms with Gasteiger partial charge in [-0.05, 0) is 12.1 Å². The highest BCUT2D eigenvalue weighted by Crippen LogP contribution is 2.16. The van der Waals surface area contributed by atoms with E-state index in [2.05, 4.69) is 14.9 Å². The molecule has 0 spiro atoms. The highest BCUT2D eigenvalue weighted by Gasteiger charge is 2.24. The number of carbonyl (C=O) groups excluding carboxylic acids is 1. The summed E-state index contributed by atoms with van der Waals surface area (Å²) in [6.45, 7) is 2.91. The van der Waals surface area contributed by atoms with Gasteiger partial charge in [-0.1, -0.05) is 6.07 Å². The Labute approximate surface area is 120 Å². The van der Waals surface area contributed by atoms with Gasteiger partial charge in [0, 0.05) is 37.8 Å². The van der Waals surface area contributed by atoms with E-state index in [1.165, 1.54) is 11.3 Å². The average Bonchev–Trinajstić information content (AvgIpc) is 2.94. The summed E-state index contributed by atoms with van der Waals surface area (Å²) in [5.74, 6) is 0.913. The summed E-state index contributed by atoms with van der Waals surface area (Å²) in [6.07, 6.45) is 1.78. The van der Waals surface area contributed by atoms with Gasteiger partial charge < -0.3 is 15.5 Å². The van der Waals surface area contributed by atoms with Gasteiger partial charge in [0.15, 0.2) is 5.13 Å². The summed E-state index contributed by atoms with van der Waals surface area (Å²) in [6, 6.07) is 5.85. The highest BCUT2D eigenvalue weighted by molar-refractivity contribution is 7.13. The zero-order valence-electron chi connectivity index (χ0n) is 10.9. The predicted molar refractivity (Wildman–Crippen MR) is 78.9 cm³/mol. The molecule has 3 rings (SSSR count). The van der Waals surface area contributed by atoms with Gasteiger partial charge in [0.1, 0.15) is 11.5 Å². The van der Waals surface area contributed by atoms with Gasteiger partial charge >= 0.3 is 0 Å². The quantitative estimate of drug-likeness (QED) is 0.895. The van der Waals surface area contributed by atoms with Gasteiger partial charge in [0.25, 0.3) is 5.91 Å². The minimum atomic E-state index is -0.0429. The van der Waals surface area contributed by atoms with Crippen LogP contribution in [0.15, 0.2) is 29.8 Å². The van der Waals surface area contributed by atoms with Crippen LogP contribution in [0.3, 0.4) is 0 Å². The SMILES string of the molecule is Nc1nc(C(=O)N2CCN(c3ccccn3)CC2)cs1. The Morgan fingerprint density at radius 3 is 2.65 bits per heavy atom. The Balaban J connectivity index is 1.63. The van der Waals surface area contributed by atoms with Crippen LogP contribution < -0.4 is 10.6 Å². The maximum atomic E-state index is 12.2. The Bertz CT molecular complexity index is 592. The van der Waals surface area contributed by atoms with Crippen molar-refractivity contribution >= 4 is 28.2 Å². The Morgan fingerprint density at radius 2 is 2.05 bits per heavy atom. The van der Waals surface area contributed by atoms with Gasteiger partial charge in [0.05, 0.1) is 0 Å². The molecule has 20 heavy (non-hydrogen) atoms. The molecule has 0 aromatic carbocycles. The van der Waals surface area contributed by atoms with Crippen molar-refractivity contribution in [3.05, 3.63) is 35.5 Å². The van der Waals surface area contributed by atoms with Crippen molar-refractivity contribution in [1.82, 2.24) is 14.9 Å². The van der Waals surface area contributed by atoms with E-state index in [4.69, 9.17) is 5.73 Å². The van der Waals surface area contributed by atoms with Gasteiger partial charge in [-0.15, -0.1) is 11.3 Å². The number of anilines is 2. The molecule has 3 heterocycles. The summed E-state index contributed by atoms with van der Waals surface area (Å²) >= 11 is 1.29. The number of pyridine rings is 1. The molecule has 1 aliphatic rings. The lowest BCUT2D eigenvalue weighted by Crippen LogP contribution is -2.49. The largest absolute Gasteiger partial charge is 0.375 e. The molecule has 0 unspecified atom stereocenters. The molecule has 1 fully saturated rings. The van der Waals surface area contributed by atoms with E-state index in [9.17, 15) is 4.79 Å². The van der Waals surface area contributed by atoms with Crippen molar-refractivity contribution in [1.29, 1.82) is 0 Å². The van der Waals surface area contributed by atoms with E-state index in [0.717, 1.165) is 18.9 Å². The third kappa shape index (κ3) is 2.57. The first kappa shape index (κ1) is 12.9. The van der Waals surface area contributed by atoms with E-state index >= 15 is 0 Å². The van der Waals surface area contributed by atoms with Gasteiger partial charge in [-0.2, -0.15) is 0 Å². The first-order valence-electron chi connectivity index (χ1n) is 6.40. The Kier molecular flexibility index (Phi) is 3.51. The van der Waals surface area contributed by atoms with Crippen molar-refractivity contribution in [2.45, 2.75) is 0 Å². The first-order valence-corrected chi connectivity index (χ1v) is 7.28. The average molecular weight is 289 g/mol. The maximum Gasteiger partial charge on any atom is 0.273 e. The number of rotatable bonds is 2. The molecule has 6 nitrogen and oxygen atoms in total. The number of aromatic nitrogens is 2. The first-order chi connectivity index (χ1) is 9.74. The second kappa shape index (κ2) is 5.46. The monoisotopic (exact) mass is 289 g/mol. The normalized spacial score (nSPS) is 15.4. The van der Waals surface area contributed by atoms with Crippen molar-refractivity contribution in [3.8, 4) is 0 Å². The fourth-order valence-electron chi connectivity index (χ4n) is 2.23. The van der Waals surface area contributed by atoms with Crippen molar-refractivity contribution < 1.29 is 4.79 Å². The Hall–Kier alpha value is -2.15. The molecule has 2 N–H and O–H groups in total.